The predicted octanol–water partition coefficient (Wildman–Crippen LogP) is 6.13. The van der Waals surface area contributed by atoms with Crippen LogP contribution in [0.4, 0.5) is 0 Å². The number of benzene rings is 1. The molecule has 3 heteroatoms. The van der Waals surface area contributed by atoms with Crippen LogP contribution in [-0.4, -0.2) is 17.2 Å². The normalized spacial score (nSPS) is 36.3. The number of aromatic hydroxyl groups is 1. The van der Waals surface area contributed by atoms with E-state index >= 15 is 0 Å². The van der Waals surface area contributed by atoms with E-state index in [0.717, 1.165) is 31.6 Å². The Bertz CT molecular complexity index is 765. The Morgan fingerprint density at radius 2 is 1.97 bits per heavy atom. The number of carbonyl (C=O) groups is 1. The third-order valence-electron chi connectivity index (χ3n) is 9.13. The zero-order valence-electron chi connectivity index (χ0n) is 17.9. The number of carbonyl (C=O) groups excluding carboxylic acids is 1. The molecule has 3 nitrogen and oxygen atoms in total. The molecule has 0 heterocycles. The van der Waals surface area contributed by atoms with Crippen LogP contribution in [0.3, 0.4) is 0 Å². The topological polar surface area (TPSA) is 46.5 Å². The van der Waals surface area contributed by atoms with E-state index in [9.17, 15) is 9.90 Å². The number of phenolic OH excluding ortho intramolecular Hbond substituents is 1. The molecule has 0 amide bonds. The van der Waals surface area contributed by atoms with Gasteiger partial charge in [-0.05, 0) is 91.9 Å². The van der Waals surface area contributed by atoms with E-state index in [1.54, 1.807) is 0 Å². The van der Waals surface area contributed by atoms with Gasteiger partial charge >= 0.3 is 5.97 Å². The number of aryl methyl sites for hydroxylation is 1. The molecule has 5 atom stereocenters. The zero-order valence-corrected chi connectivity index (χ0v) is 17.9. The Labute approximate surface area is 175 Å². The van der Waals surface area contributed by atoms with Crippen LogP contribution in [0.5, 0.6) is 5.75 Å². The lowest BCUT2D eigenvalue weighted by molar-refractivity contribution is -0.157. The molecule has 4 aliphatic rings. The van der Waals surface area contributed by atoms with Crippen molar-refractivity contribution in [1.29, 1.82) is 0 Å². The van der Waals surface area contributed by atoms with E-state index in [0.29, 0.717) is 29.9 Å². The number of rotatable bonds is 4. The maximum Gasteiger partial charge on any atom is 0.306 e. The van der Waals surface area contributed by atoms with Gasteiger partial charge in [0, 0.05) is 11.8 Å². The summed E-state index contributed by atoms with van der Waals surface area (Å²) in [4.78, 5) is 12.6. The standard InChI is InChI=1S/C26H36O3/c1-26-15-14-21-20-10-8-19(27)16-18(20)7-9-22(21)23(26)11-12-24(26)29-25(28)13-6-17-4-2-3-5-17/h8,10,16-17,21-24,27H,2-7,9,11-15H2,1H3/t21-,22-,23+,24-,26-/m0/s1. The molecule has 3 saturated carbocycles. The molecule has 1 aromatic rings. The van der Waals surface area contributed by atoms with E-state index in [4.69, 9.17) is 4.74 Å². The van der Waals surface area contributed by atoms with Gasteiger partial charge in [0.1, 0.15) is 11.9 Å². The number of hydrogen-bond donors (Lipinski definition) is 1. The number of phenols is 1. The van der Waals surface area contributed by atoms with Gasteiger partial charge in [-0.25, -0.2) is 0 Å². The van der Waals surface area contributed by atoms with Gasteiger partial charge in [-0.3, -0.25) is 4.79 Å². The quantitative estimate of drug-likeness (QED) is 0.623. The minimum atomic E-state index is 0.0513. The van der Waals surface area contributed by atoms with Gasteiger partial charge in [0.05, 0.1) is 0 Å². The smallest absolute Gasteiger partial charge is 0.306 e. The SMILES string of the molecule is C[C@]12CC[C@H]3c4ccc(O)cc4CC[C@@H]3[C@H]1CC[C@@H]2OC(=O)CCC1CCCC1. The minimum Gasteiger partial charge on any atom is -0.508 e. The molecule has 0 spiro atoms. The molecule has 0 unspecified atom stereocenters. The Hall–Kier alpha value is -1.51. The fraction of sp³-hybridized carbons (Fsp3) is 0.731. The highest BCUT2D eigenvalue weighted by atomic mass is 16.5. The minimum absolute atomic E-state index is 0.0513. The molecule has 1 aromatic carbocycles. The van der Waals surface area contributed by atoms with E-state index in [-0.39, 0.29) is 17.5 Å². The van der Waals surface area contributed by atoms with E-state index in [1.165, 1.54) is 56.1 Å². The van der Waals surface area contributed by atoms with Crippen molar-refractivity contribution in [2.75, 3.05) is 0 Å². The first-order chi connectivity index (χ1) is 14.0. The second kappa shape index (κ2) is 7.63. The molecule has 158 valence electrons. The summed E-state index contributed by atoms with van der Waals surface area (Å²) < 4.78 is 6.14. The Balaban J connectivity index is 1.25. The molecule has 0 bridgehead atoms. The molecular weight excluding hydrogens is 360 g/mol. The second-order valence-corrected chi connectivity index (χ2v) is 10.6. The van der Waals surface area contributed by atoms with Gasteiger partial charge < -0.3 is 9.84 Å². The van der Waals surface area contributed by atoms with Crippen molar-refractivity contribution in [2.45, 2.75) is 96.0 Å². The van der Waals surface area contributed by atoms with Crippen molar-refractivity contribution >= 4 is 5.97 Å². The first kappa shape index (κ1) is 19.5. The molecule has 3 fully saturated rings. The summed E-state index contributed by atoms with van der Waals surface area (Å²) in [6, 6.07) is 6.00. The summed E-state index contributed by atoms with van der Waals surface area (Å²) in [6.07, 6.45) is 13.9. The third-order valence-corrected chi connectivity index (χ3v) is 9.13. The van der Waals surface area contributed by atoms with Gasteiger partial charge in [-0.1, -0.05) is 38.7 Å². The summed E-state index contributed by atoms with van der Waals surface area (Å²) in [7, 11) is 0. The van der Waals surface area contributed by atoms with Crippen LogP contribution >= 0.6 is 0 Å². The number of hydrogen-bond acceptors (Lipinski definition) is 3. The van der Waals surface area contributed by atoms with Gasteiger partial charge in [-0.15, -0.1) is 0 Å². The molecule has 0 aromatic heterocycles. The zero-order chi connectivity index (χ0) is 20.0. The van der Waals surface area contributed by atoms with Crippen LogP contribution in [0.2, 0.25) is 0 Å². The lowest BCUT2D eigenvalue weighted by Gasteiger charge is -2.50. The average molecular weight is 397 g/mol. The second-order valence-electron chi connectivity index (χ2n) is 10.6. The molecule has 0 saturated heterocycles. The summed E-state index contributed by atoms with van der Waals surface area (Å²) in [5.74, 6) is 3.19. The molecule has 1 N–H and O–H groups in total. The first-order valence-corrected chi connectivity index (χ1v) is 12.1. The van der Waals surface area contributed by atoms with Crippen LogP contribution in [-0.2, 0) is 16.0 Å². The highest BCUT2D eigenvalue weighted by Crippen LogP contribution is 2.61. The van der Waals surface area contributed by atoms with Gasteiger partial charge in [0.25, 0.3) is 0 Å². The molecule has 4 aliphatic carbocycles. The van der Waals surface area contributed by atoms with Crippen LogP contribution in [0.1, 0.15) is 94.6 Å². The number of ether oxygens (including phenoxy) is 1. The van der Waals surface area contributed by atoms with Crippen molar-refractivity contribution in [3.63, 3.8) is 0 Å². The fourth-order valence-electron chi connectivity index (χ4n) is 7.55. The Morgan fingerprint density at radius 3 is 2.79 bits per heavy atom. The van der Waals surface area contributed by atoms with Crippen molar-refractivity contribution < 1.29 is 14.6 Å². The number of esters is 1. The summed E-state index contributed by atoms with van der Waals surface area (Å²) in [6.45, 7) is 2.40. The van der Waals surface area contributed by atoms with E-state index < -0.39 is 0 Å². The van der Waals surface area contributed by atoms with Crippen molar-refractivity contribution in [2.24, 2.45) is 23.2 Å². The summed E-state index contributed by atoms with van der Waals surface area (Å²) in [5, 5.41) is 9.86. The monoisotopic (exact) mass is 396 g/mol. The average Bonchev–Trinajstić information content (AvgIpc) is 3.34. The van der Waals surface area contributed by atoms with Crippen LogP contribution < -0.4 is 0 Å². The lowest BCUT2D eigenvalue weighted by Crippen LogP contribution is -2.45. The maximum atomic E-state index is 12.6. The molecule has 0 aliphatic heterocycles. The molecule has 29 heavy (non-hydrogen) atoms. The predicted molar refractivity (Wildman–Crippen MR) is 114 cm³/mol. The summed E-state index contributed by atoms with van der Waals surface area (Å²) >= 11 is 0. The van der Waals surface area contributed by atoms with Gasteiger partial charge in [-0.2, -0.15) is 0 Å². The van der Waals surface area contributed by atoms with Crippen LogP contribution in [0.25, 0.3) is 0 Å². The lowest BCUT2D eigenvalue weighted by atomic mass is 9.55. The van der Waals surface area contributed by atoms with Gasteiger partial charge in [0.2, 0.25) is 0 Å². The highest BCUT2D eigenvalue weighted by molar-refractivity contribution is 5.69. The van der Waals surface area contributed by atoms with Crippen molar-refractivity contribution in [1.82, 2.24) is 0 Å². The summed E-state index contributed by atoms with van der Waals surface area (Å²) in [5.41, 5.74) is 2.97. The maximum absolute atomic E-state index is 12.6. The highest BCUT2D eigenvalue weighted by Gasteiger charge is 2.56. The molecule has 5 rings (SSSR count). The van der Waals surface area contributed by atoms with Crippen molar-refractivity contribution in [3.05, 3.63) is 29.3 Å². The number of fused-ring (bicyclic) bond motifs is 5. The van der Waals surface area contributed by atoms with Crippen LogP contribution in [0.15, 0.2) is 18.2 Å². The fourth-order valence-corrected chi connectivity index (χ4v) is 7.55. The first-order valence-electron chi connectivity index (χ1n) is 12.1. The molecular formula is C26H36O3. The Kier molecular flexibility index (Phi) is 5.12. The third kappa shape index (κ3) is 3.49. The molecule has 0 radical (unpaired) electrons. The Morgan fingerprint density at radius 1 is 1.14 bits per heavy atom. The van der Waals surface area contributed by atoms with Gasteiger partial charge in [0.15, 0.2) is 0 Å². The van der Waals surface area contributed by atoms with E-state index in [1.807, 2.05) is 12.1 Å². The van der Waals surface area contributed by atoms with E-state index in [2.05, 4.69) is 13.0 Å². The van der Waals surface area contributed by atoms with Crippen LogP contribution in [0, 0.1) is 23.2 Å². The van der Waals surface area contributed by atoms with Crippen molar-refractivity contribution in [3.8, 4) is 5.75 Å². The largest absolute Gasteiger partial charge is 0.508 e.